The summed E-state index contributed by atoms with van der Waals surface area (Å²) in [6.45, 7) is 9.38. The standard InChI is InChI=1S/C18H28N4O.HI/c1-5-19-17(21-15-9-10-15)20-12-13-7-6-8-14(11-13)16(23)22-18(2,3)4;/h6-8,11,15H,5,9-10,12H2,1-4H3,(H,22,23)(H2,19,20,21);1H. The Morgan fingerprint density at radius 3 is 2.58 bits per heavy atom. The Morgan fingerprint density at radius 2 is 2.00 bits per heavy atom. The average Bonchev–Trinajstić information content (AvgIpc) is 3.27. The molecule has 1 aliphatic carbocycles. The predicted molar refractivity (Wildman–Crippen MR) is 110 cm³/mol. The molecule has 0 heterocycles. The highest BCUT2D eigenvalue weighted by Crippen LogP contribution is 2.18. The molecule has 0 spiro atoms. The lowest BCUT2D eigenvalue weighted by Crippen LogP contribution is -2.40. The van der Waals surface area contributed by atoms with E-state index in [0.29, 0.717) is 18.2 Å². The van der Waals surface area contributed by atoms with Gasteiger partial charge in [0.25, 0.3) is 5.91 Å². The zero-order valence-electron chi connectivity index (χ0n) is 15.0. The lowest BCUT2D eigenvalue weighted by molar-refractivity contribution is 0.0919. The molecule has 1 saturated carbocycles. The molecular formula is C18H29IN4O. The van der Waals surface area contributed by atoms with Gasteiger partial charge in [0, 0.05) is 23.7 Å². The van der Waals surface area contributed by atoms with Gasteiger partial charge in [0.05, 0.1) is 6.54 Å². The molecule has 0 radical (unpaired) electrons. The minimum atomic E-state index is -0.238. The third kappa shape index (κ3) is 7.51. The summed E-state index contributed by atoms with van der Waals surface area (Å²) in [5, 5.41) is 9.63. The van der Waals surface area contributed by atoms with Crippen LogP contribution in [0.15, 0.2) is 29.3 Å². The Labute approximate surface area is 162 Å². The molecule has 1 aromatic rings. The van der Waals surface area contributed by atoms with Crippen molar-refractivity contribution in [3.8, 4) is 0 Å². The van der Waals surface area contributed by atoms with Crippen molar-refractivity contribution in [3.63, 3.8) is 0 Å². The number of hydrogen-bond donors (Lipinski definition) is 3. The number of aliphatic imine (C=N–C) groups is 1. The second kappa shape index (κ2) is 9.25. The third-order valence-electron chi connectivity index (χ3n) is 3.36. The van der Waals surface area contributed by atoms with Crippen molar-refractivity contribution in [2.45, 2.75) is 58.7 Å². The molecular weight excluding hydrogens is 415 g/mol. The van der Waals surface area contributed by atoms with E-state index in [9.17, 15) is 4.79 Å². The lowest BCUT2D eigenvalue weighted by Gasteiger charge is -2.20. The van der Waals surface area contributed by atoms with Crippen LogP contribution in [0.1, 0.15) is 56.5 Å². The SMILES string of the molecule is CCNC(=NCc1cccc(C(=O)NC(C)(C)C)c1)NC1CC1.I. The highest BCUT2D eigenvalue weighted by Gasteiger charge is 2.22. The first-order chi connectivity index (χ1) is 10.9. The predicted octanol–water partition coefficient (Wildman–Crippen LogP) is 3.05. The smallest absolute Gasteiger partial charge is 0.251 e. The van der Waals surface area contributed by atoms with Gasteiger partial charge in [-0.1, -0.05) is 12.1 Å². The highest BCUT2D eigenvalue weighted by molar-refractivity contribution is 14.0. The highest BCUT2D eigenvalue weighted by atomic mass is 127. The molecule has 6 heteroatoms. The van der Waals surface area contributed by atoms with Crippen LogP contribution < -0.4 is 16.0 Å². The summed E-state index contributed by atoms with van der Waals surface area (Å²) in [7, 11) is 0. The van der Waals surface area contributed by atoms with Crippen molar-refractivity contribution >= 4 is 35.8 Å². The van der Waals surface area contributed by atoms with Gasteiger partial charge in [-0.15, -0.1) is 24.0 Å². The Kier molecular flexibility index (Phi) is 7.99. The van der Waals surface area contributed by atoms with Crippen LogP contribution in [0, 0.1) is 0 Å². The Bertz CT molecular complexity index is 577. The van der Waals surface area contributed by atoms with Crippen molar-refractivity contribution in [2.75, 3.05) is 6.54 Å². The van der Waals surface area contributed by atoms with Gasteiger partial charge in [-0.2, -0.15) is 0 Å². The van der Waals surface area contributed by atoms with Gasteiger partial charge in [0.1, 0.15) is 0 Å². The number of nitrogens with zero attached hydrogens (tertiary/aromatic N) is 1. The van der Waals surface area contributed by atoms with Gasteiger partial charge in [0.15, 0.2) is 5.96 Å². The number of nitrogens with one attached hydrogen (secondary N) is 3. The number of hydrogen-bond acceptors (Lipinski definition) is 2. The van der Waals surface area contributed by atoms with E-state index >= 15 is 0 Å². The van der Waals surface area contributed by atoms with Gasteiger partial charge in [-0.05, 0) is 58.2 Å². The molecule has 1 aromatic carbocycles. The number of benzene rings is 1. The van der Waals surface area contributed by atoms with Gasteiger partial charge in [-0.3, -0.25) is 4.79 Å². The number of rotatable bonds is 5. The van der Waals surface area contributed by atoms with Gasteiger partial charge >= 0.3 is 0 Å². The van der Waals surface area contributed by atoms with Gasteiger partial charge < -0.3 is 16.0 Å². The molecule has 0 unspecified atom stereocenters. The largest absolute Gasteiger partial charge is 0.357 e. The number of guanidine groups is 1. The average molecular weight is 444 g/mol. The Balaban J connectivity index is 0.00000288. The van der Waals surface area contributed by atoms with Crippen LogP contribution in [0.25, 0.3) is 0 Å². The van der Waals surface area contributed by atoms with Crippen molar-refractivity contribution in [1.82, 2.24) is 16.0 Å². The molecule has 24 heavy (non-hydrogen) atoms. The van der Waals surface area contributed by atoms with Crippen LogP contribution in [0.5, 0.6) is 0 Å². The summed E-state index contributed by atoms with van der Waals surface area (Å²) in [6, 6.07) is 8.21. The summed E-state index contributed by atoms with van der Waals surface area (Å²) in [4.78, 5) is 16.8. The van der Waals surface area contributed by atoms with Crippen molar-refractivity contribution < 1.29 is 4.79 Å². The molecule has 5 nitrogen and oxygen atoms in total. The van der Waals surface area contributed by atoms with E-state index in [4.69, 9.17) is 0 Å². The Hall–Kier alpha value is -1.31. The normalized spacial score (nSPS) is 14.6. The van der Waals surface area contributed by atoms with E-state index in [1.807, 2.05) is 45.0 Å². The number of carbonyl (C=O) groups is 1. The third-order valence-corrected chi connectivity index (χ3v) is 3.36. The first-order valence-corrected chi connectivity index (χ1v) is 8.33. The van der Waals surface area contributed by atoms with E-state index in [1.165, 1.54) is 12.8 Å². The second-order valence-electron chi connectivity index (χ2n) is 7.02. The first-order valence-electron chi connectivity index (χ1n) is 8.33. The molecule has 1 amide bonds. The van der Waals surface area contributed by atoms with Crippen molar-refractivity contribution in [3.05, 3.63) is 35.4 Å². The quantitative estimate of drug-likeness (QED) is 0.372. The fraction of sp³-hybridized carbons (Fsp3) is 0.556. The molecule has 2 rings (SSSR count). The minimum absolute atomic E-state index is 0. The van der Waals surface area contributed by atoms with Crippen LogP contribution in [-0.4, -0.2) is 30.0 Å². The van der Waals surface area contributed by atoms with Crippen LogP contribution >= 0.6 is 24.0 Å². The minimum Gasteiger partial charge on any atom is -0.357 e. The van der Waals surface area contributed by atoms with E-state index in [1.54, 1.807) is 0 Å². The van der Waals surface area contributed by atoms with Crippen LogP contribution in [0.2, 0.25) is 0 Å². The summed E-state index contributed by atoms with van der Waals surface area (Å²) in [5.41, 5.74) is 1.46. The zero-order chi connectivity index (χ0) is 16.9. The van der Waals surface area contributed by atoms with Gasteiger partial charge in [-0.25, -0.2) is 4.99 Å². The molecule has 0 aromatic heterocycles. The fourth-order valence-electron chi connectivity index (χ4n) is 2.14. The first kappa shape index (κ1) is 20.7. The Morgan fingerprint density at radius 1 is 1.29 bits per heavy atom. The zero-order valence-corrected chi connectivity index (χ0v) is 17.3. The van der Waals surface area contributed by atoms with E-state index < -0.39 is 0 Å². The van der Waals surface area contributed by atoms with Crippen LogP contribution in [0.4, 0.5) is 0 Å². The maximum Gasteiger partial charge on any atom is 0.251 e. The summed E-state index contributed by atoms with van der Waals surface area (Å²) >= 11 is 0. The topological polar surface area (TPSA) is 65.5 Å². The monoisotopic (exact) mass is 444 g/mol. The van der Waals surface area contributed by atoms with E-state index in [2.05, 4.69) is 27.9 Å². The number of carbonyl (C=O) groups excluding carboxylic acids is 1. The molecule has 0 bridgehead atoms. The van der Waals surface area contributed by atoms with Crippen molar-refractivity contribution in [2.24, 2.45) is 4.99 Å². The molecule has 0 saturated heterocycles. The molecule has 0 aliphatic heterocycles. The summed E-state index contributed by atoms with van der Waals surface area (Å²) in [6.07, 6.45) is 2.43. The molecule has 1 aliphatic rings. The number of amides is 1. The summed E-state index contributed by atoms with van der Waals surface area (Å²) < 4.78 is 0. The van der Waals surface area contributed by atoms with Crippen LogP contribution in [0.3, 0.4) is 0 Å². The second-order valence-corrected chi connectivity index (χ2v) is 7.02. The molecule has 1 fully saturated rings. The molecule has 3 N–H and O–H groups in total. The number of halogens is 1. The molecule has 134 valence electrons. The van der Waals surface area contributed by atoms with Crippen molar-refractivity contribution in [1.29, 1.82) is 0 Å². The fourth-order valence-corrected chi connectivity index (χ4v) is 2.14. The lowest BCUT2D eigenvalue weighted by atomic mass is 10.1. The van der Waals surface area contributed by atoms with E-state index in [0.717, 1.165) is 18.1 Å². The maximum absolute atomic E-state index is 12.2. The molecule has 0 atom stereocenters. The maximum atomic E-state index is 12.2. The van der Waals surface area contributed by atoms with E-state index in [-0.39, 0.29) is 35.4 Å². The van der Waals surface area contributed by atoms with Crippen LogP contribution in [-0.2, 0) is 6.54 Å². The van der Waals surface area contributed by atoms with Gasteiger partial charge in [0.2, 0.25) is 0 Å². The summed E-state index contributed by atoms with van der Waals surface area (Å²) in [5.74, 6) is 0.797.